The van der Waals surface area contributed by atoms with E-state index in [1.165, 1.54) is 25.3 Å². The summed E-state index contributed by atoms with van der Waals surface area (Å²) >= 11 is 0. The third-order valence-electron chi connectivity index (χ3n) is 3.03. The smallest absolute Gasteiger partial charge is 0.326 e. The predicted octanol–water partition coefficient (Wildman–Crippen LogP) is 3.94. The minimum absolute atomic E-state index is 0.127. The Morgan fingerprint density at radius 1 is 1.30 bits per heavy atom. The van der Waals surface area contributed by atoms with Gasteiger partial charge in [-0.3, -0.25) is 0 Å². The van der Waals surface area contributed by atoms with Crippen molar-refractivity contribution in [2.75, 3.05) is 13.7 Å². The van der Waals surface area contributed by atoms with E-state index in [0.717, 1.165) is 0 Å². The molecule has 0 aliphatic rings. The molecule has 1 N–H and O–H groups in total. The molecule has 6 heteroatoms. The summed E-state index contributed by atoms with van der Waals surface area (Å²) < 4.78 is 57.6. The van der Waals surface area contributed by atoms with Crippen LogP contribution in [0.5, 0.6) is 5.75 Å². The molecule has 114 valence electrons. The molecule has 1 rings (SSSR count). The van der Waals surface area contributed by atoms with E-state index >= 15 is 0 Å². The van der Waals surface area contributed by atoms with Crippen LogP contribution in [0, 0.1) is 6.92 Å². The lowest BCUT2D eigenvalue weighted by atomic mass is 9.98. The van der Waals surface area contributed by atoms with Crippen molar-refractivity contribution in [2.24, 2.45) is 0 Å². The van der Waals surface area contributed by atoms with Crippen LogP contribution in [0.15, 0.2) is 18.2 Å². The lowest BCUT2D eigenvalue weighted by Crippen LogP contribution is -2.42. The SMILES string of the molecule is CCCNC(c1ccc(OC)c(C)c1)C(F)(F)C(F)F. The van der Waals surface area contributed by atoms with E-state index in [1.807, 2.05) is 0 Å². The highest BCUT2D eigenvalue weighted by Crippen LogP contribution is 2.37. The van der Waals surface area contributed by atoms with Gasteiger partial charge in [0, 0.05) is 0 Å². The molecule has 2 nitrogen and oxygen atoms in total. The van der Waals surface area contributed by atoms with Crippen LogP contribution < -0.4 is 10.1 Å². The summed E-state index contributed by atoms with van der Waals surface area (Å²) in [5.41, 5.74) is 0.750. The topological polar surface area (TPSA) is 21.3 Å². The third-order valence-corrected chi connectivity index (χ3v) is 3.03. The number of methoxy groups -OCH3 is 1. The fourth-order valence-corrected chi connectivity index (χ4v) is 1.97. The second-order valence-corrected chi connectivity index (χ2v) is 4.59. The monoisotopic (exact) mass is 293 g/mol. The van der Waals surface area contributed by atoms with Crippen molar-refractivity contribution in [3.05, 3.63) is 29.3 Å². The fraction of sp³-hybridized carbons (Fsp3) is 0.571. The number of rotatable bonds is 7. The van der Waals surface area contributed by atoms with Gasteiger partial charge in [-0.15, -0.1) is 0 Å². The first-order valence-electron chi connectivity index (χ1n) is 6.38. The summed E-state index contributed by atoms with van der Waals surface area (Å²) in [4.78, 5) is 0. The van der Waals surface area contributed by atoms with Crippen molar-refractivity contribution in [2.45, 2.75) is 38.7 Å². The van der Waals surface area contributed by atoms with E-state index in [0.29, 0.717) is 17.7 Å². The molecule has 0 heterocycles. The van der Waals surface area contributed by atoms with Gasteiger partial charge in [0.1, 0.15) is 11.8 Å². The van der Waals surface area contributed by atoms with Crippen LogP contribution in [0.25, 0.3) is 0 Å². The highest BCUT2D eigenvalue weighted by Gasteiger charge is 2.49. The Morgan fingerprint density at radius 3 is 2.40 bits per heavy atom. The standard InChI is InChI=1S/C14H19F4NO/c1-4-7-19-12(14(17,18)13(15)16)10-5-6-11(20-3)9(2)8-10/h5-6,8,12-13,19H,4,7H2,1-3H3. The van der Waals surface area contributed by atoms with Gasteiger partial charge in [-0.25, -0.2) is 8.78 Å². The first kappa shape index (κ1) is 16.8. The first-order valence-corrected chi connectivity index (χ1v) is 6.38. The molecule has 0 spiro atoms. The molecule has 0 saturated carbocycles. The maximum Gasteiger partial charge on any atom is 0.326 e. The minimum Gasteiger partial charge on any atom is -0.496 e. The van der Waals surface area contributed by atoms with Crippen LogP contribution in [-0.2, 0) is 0 Å². The summed E-state index contributed by atoms with van der Waals surface area (Å²) in [5, 5.41) is 2.50. The number of hydrogen-bond donors (Lipinski definition) is 1. The molecule has 20 heavy (non-hydrogen) atoms. The van der Waals surface area contributed by atoms with Crippen molar-refractivity contribution >= 4 is 0 Å². The number of aryl methyl sites for hydroxylation is 1. The molecule has 1 aromatic carbocycles. The molecule has 0 aliphatic carbocycles. The number of alkyl halides is 4. The van der Waals surface area contributed by atoms with Crippen molar-refractivity contribution in [1.29, 1.82) is 0 Å². The average molecular weight is 293 g/mol. The van der Waals surface area contributed by atoms with Crippen molar-refractivity contribution in [3.63, 3.8) is 0 Å². The summed E-state index contributed by atoms with van der Waals surface area (Å²) in [5.74, 6) is -3.60. The predicted molar refractivity (Wildman–Crippen MR) is 69.7 cm³/mol. The molecule has 0 saturated heterocycles. The van der Waals surface area contributed by atoms with Gasteiger partial charge in [0.05, 0.1) is 7.11 Å². The molecule has 0 amide bonds. The summed E-state index contributed by atoms with van der Waals surface area (Å²) in [6, 6.07) is 2.62. The highest BCUT2D eigenvalue weighted by atomic mass is 19.3. The van der Waals surface area contributed by atoms with Gasteiger partial charge >= 0.3 is 12.3 Å². The zero-order chi connectivity index (χ0) is 15.3. The van der Waals surface area contributed by atoms with Crippen LogP contribution in [0.3, 0.4) is 0 Å². The molecule has 0 radical (unpaired) electrons. The van der Waals surface area contributed by atoms with Crippen molar-refractivity contribution in [3.8, 4) is 5.75 Å². The van der Waals surface area contributed by atoms with E-state index in [1.54, 1.807) is 13.8 Å². The van der Waals surface area contributed by atoms with E-state index < -0.39 is 18.4 Å². The molecular weight excluding hydrogens is 274 g/mol. The Morgan fingerprint density at radius 2 is 1.95 bits per heavy atom. The van der Waals surface area contributed by atoms with Gasteiger partial charge in [0.2, 0.25) is 0 Å². The van der Waals surface area contributed by atoms with E-state index in [-0.39, 0.29) is 12.1 Å². The van der Waals surface area contributed by atoms with Crippen LogP contribution in [0.2, 0.25) is 0 Å². The molecule has 0 bridgehead atoms. The molecular formula is C14H19F4NO. The van der Waals surface area contributed by atoms with Gasteiger partial charge in [-0.2, -0.15) is 8.78 Å². The number of halogens is 4. The summed E-state index contributed by atoms with van der Waals surface area (Å²) in [6.45, 7) is 3.70. The van der Waals surface area contributed by atoms with Crippen molar-refractivity contribution in [1.82, 2.24) is 5.32 Å². The Kier molecular flexibility index (Phi) is 5.80. The zero-order valence-corrected chi connectivity index (χ0v) is 11.7. The molecule has 1 atom stereocenters. The Bertz CT molecular complexity index is 437. The number of ether oxygens (including phenoxy) is 1. The second kappa shape index (κ2) is 6.92. The van der Waals surface area contributed by atoms with Gasteiger partial charge in [0.25, 0.3) is 0 Å². The Balaban J connectivity index is 3.13. The zero-order valence-electron chi connectivity index (χ0n) is 11.7. The largest absolute Gasteiger partial charge is 0.496 e. The molecule has 0 aromatic heterocycles. The average Bonchev–Trinajstić information content (AvgIpc) is 2.39. The lowest BCUT2D eigenvalue weighted by molar-refractivity contribution is -0.151. The fourth-order valence-electron chi connectivity index (χ4n) is 1.97. The lowest BCUT2D eigenvalue weighted by Gasteiger charge is -2.28. The van der Waals surface area contributed by atoms with Gasteiger partial charge in [-0.05, 0) is 37.1 Å². The maximum atomic E-state index is 13.7. The number of nitrogens with one attached hydrogen (secondary N) is 1. The highest BCUT2D eigenvalue weighted by molar-refractivity contribution is 5.38. The normalized spacial score (nSPS) is 13.6. The second-order valence-electron chi connectivity index (χ2n) is 4.59. The summed E-state index contributed by atoms with van der Waals surface area (Å²) in [7, 11) is 1.46. The minimum atomic E-state index is -4.13. The number of benzene rings is 1. The van der Waals surface area contributed by atoms with Crippen LogP contribution in [0.4, 0.5) is 17.6 Å². The summed E-state index contributed by atoms with van der Waals surface area (Å²) in [6.07, 6.45) is -3.15. The van der Waals surface area contributed by atoms with Crippen LogP contribution in [-0.4, -0.2) is 26.0 Å². The van der Waals surface area contributed by atoms with Crippen LogP contribution >= 0.6 is 0 Å². The molecule has 1 unspecified atom stereocenters. The number of hydrogen-bond acceptors (Lipinski definition) is 2. The maximum absolute atomic E-state index is 13.7. The Hall–Kier alpha value is -1.30. The van der Waals surface area contributed by atoms with Gasteiger partial charge in [-0.1, -0.05) is 19.1 Å². The molecule has 1 aromatic rings. The first-order chi connectivity index (χ1) is 9.34. The van der Waals surface area contributed by atoms with Crippen LogP contribution in [0.1, 0.15) is 30.5 Å². The quantitative estimate of drug-likeness (QED) is 0.769. The van der Waals surface area contributed by atoms with Crippen molar-refractivity contribution < 1.29 is 22.3 Å². The van der Waals surface area contributed by atoms with E-state index in [9.17, 15) is 17.6 Å². The van der Waals surface area contributed by atoms with E-state index in [4.69, 9.17) is 4.74 Å². The molecule has 0 fully saturated rings. The van der Waals surface area contributed by atoms with Gasteiger partial charge in [0.15, 0.2) is 0 Å². The molecule has 0 aliphatic heterocycles. The Labute approximate surface area is 116 Å². The van der Waals surface area contributed by atoms with E-state index in [2.05, 4.69) is 5.32 Å². The van der Waals surface area contributed by atoms with Gasteiger partial charge < -0.3 is 10.1 Å². The third kappa shape index (κ3) is 3.62.